The number of aromatic nitrogens is 1. The molecule has 5 nitrogen and oxygen atoms in total. The molecule has 2 rings (SSSR count). The standard InChI is InChI=1S/C16H25N3O2S/c1-2-8-22-12-16(21)18-14-5-7-19(11-15(14)20)10-13-4-3-6-17-9-13/h3-4,6,9,14-15,20H,2,5,7-8,10-12H2,1H3,(H,18,21)/t14-,15-/m1/s1. The third kappa shape index (κ3) is 5.59. The average Bonchev–Trinajstić information content (AvgIpc) is 2.51. The number of piperidine rings is 1. The first-order valence-corrected chi connectivity index (χ1v) is 9.01. The highest BCUT2D eigenvalue weighted by Crippen LogP contribution is 2.14. The first kappa shape index (κ1) is 17.2. The van der Waals surface area contributed by atoms with Gasteiger partial charge in [-0.25, -0.2) is 0 Å². The van der Waals surface area contributed by atoms with Crippen LogP contribution in [0.5, 0.6) is 0 Å². The minimum Gasteiger partial charge on any atom is -0.390 e. The first-order chi connectivity index (χ1) is 10.7. The second kappa shape index (κ2) is 9.12. The summed E-state index contributed by atoms with van der Waals surface area (Å²) in [6.07, 6.45) is 4.96. The van der Waals surface area contributed by atoms with Gasteiger partial charge in [0.15, 0.2) is 0 Å². The molecule has 0 spiro atoms. The van der Waals surface area contributed by atoms with E-state index in [-0.39, 0.29) is 11.9 Å². The van der Waals surface area contributed by atoms with Crippen molar-refractivity contribution in [3.05, 3.63) is 30.1 Å². The number of carbonyl (C=O) groups is 1. The fraction of sp³-hybridized carbons (Fsp3) is 0.625. The molecule has 1 aliphatic heterocycles. The molecule has 1 fully saturated rings. The molecule has 2 atom stereocenters. The highest BCUT2D eigenvalue weighted by Gasteiger charge is 2.28. The molecule has 0 aromatic carbocycles. The number of pyridine rings is 1. The average molecular weight is 323 g/mol. The lowest BCUT2D eigenvalue weighted by molar-refractivity contribution is -0.120. The van der Waals surface area contributed by atoms with Gasteiger partial charge in [0, 0.05) is 32.0 Å². The van der Waals surface area contributed by atoms with Crippen molar-refractivity contribution in [1.82, 2.24) is 15.2 Å². The molecule has 1 saturated heterocycles. The normalized spacial score (nSPS) is 22.5. The largest absolute Gasteiger partial charge is 0.390 e. The number of aliphatic hydroxyl groups is 1. The predicted molar refractivity (Wildman–Crippen MR) is 89.7 cm³/mol. The molecular weight excluding hydrogens is 298 g/mol. The van der Waals surface area contributed by atoms with E-state index in [4.69, 9.17) is 0 Å². The Hall–Kier alpha value is -1.11. The van der Waals surface area contributed by atoms with Crippen LogP contribution >= 0.6 is 11.8 Å². The maximum atomic E-state index is 11.8. The van der Waals surface area contributed by atoms with Gasteiger partial charge < -0.3 is 10.4 Å². The van der Waals surface area contributed by atoms with E-state index in [1.54, 1.807) is 18.0 Å². The van der Waals surface area contributed by atoms with Crippen molar-refractivity contribution >= 4 is 17.7 Å². The molecule has 122 valence electrons. The monoisotopic (exact) mass is 323 g/mol. The Bertz CT molecular complexity index is 458. The number of β-amino-alcohol motifs (C(OH)–C–C–N with tert-alkyl or cyclic N) is 1. The van der Waals surface area contributed by atoms with Gasteiger partial charge >= 0.3 is 0 Å². The van der Waals surface area contributed by atoms with Crippen molar-refractivity contribution in [1.29, 1.82) is 0 Å². The first-order valence-electron chi connectivity index (χ1n) is 7.85. The van der Waals surface area contributed by atoms with Gasteiger partial charge in [0.25, 0.3) is 0 Å². The number of hydrogen-bond acceptors (Lipinski definition) is 5. The Balaban J connectivity index is 1.74. The van der Waals surface area contributed by atoms with E-state index in [0.717, 1.165) is 37.2 Å². The quantitative estimate of drug-likeness (QED) is 0.740. The van der Waals surface area contributed by atoms with Crippen molar-refractivity contribution in [3.63, 3.8) is 0 Å². The van der Waals surface area contributed by atoms with E-state index in [1.165, 1.54) is 0 Å². The van der Waals surface area contributed by atoms with E-state index in [9.17, 15) is 9.90 Å². The van der Waals surface area contributed by atoms with Gasteiger partial charge in [0.2, 0.25) is 5.91 Å². The number of amides is 1. The van der Waals surface area contributed by atoms with Crippen LogP contribution in [0.15, 0.2) is 24.5 Å². The molecule has 2 N–H and O–H groups in total. The van der Waals surface area contributed by atoms with Crippen LogP contribution in [-0.4, -0.2) is 57.6 Å². The zero-order chi connectivity index (χ0) is 15.8. The molecule has 22 heavy (non-hydrogen) atoms. The molecule has 1 amide bonds. The van der Waals surface area contributed by atoms with Crippen LogP contribution in [0.4, 0.5) is 0 Å². The van der Waals surface area contributed by atoms with Gasteiger partial charge in [-0.15, -0.1) is 0 Å². The summed E-state index contributed by atoms with van der Waals surface area (Å²) in [5.41, 5.74) is 1.15. The maximum Gasteiger partial charge on any atom is 0.230 e. The summed E-state index contributed by atoms with van der Waals surface area (Å²) in [7, 11) is 0. The van der Waals surface area contributed by atoms with Crippen LogP contribution in [0, 0.1) is 0 Å². The minimum absolute atomic E-state index is 0.0307. The molecule has 0 bridgehead atoms. The van der Waals surface area contributed by atoms with Gasteiger partial charge in [-0.3, -0.25) is 14.7 Å². The van der Waals surface area contributed by atoms with Crippen LogP contribution in [-0.2, 0) is 11.3 Å². The Morgan fingerprint density at radius 1 is 1.59 bits per heavy atom. The lowest BCUT2D eigenvalue weighted by Crippen LogP contribution is -2.54. The molecule has 1 aromatic rings. The highest BCUT2D eigenvalue weighted by molar-refractivity contribution is 7.99. The van der Waals surface area contributed by atoms with E-state index < -0.39 is 6.10 Å². The molecule has 1 aliphatic rings. The van der Waals surface area contributed by atoms with Crippen LogP contribution in [0.3, 0.4) is 0 Å². The van der Waals surface area contributed by atoms with Gasteiger partial charge in [-0.1, -0.05) is 13.0 Å². The fourth-order valence-electron chi connectivity index (χ4n) is 2.62. The molecule has 0 unspecified atom stereocenters. The fourth-order valence-corrected chi connectivity index (χ4v) is 3.32. The van der Waals surface area contributed by atoms with E-state index in [0.29, 0.717) is 12.3 Å². The Morgan fingerprint density at radius 3 is 3.14 bits per heavy atom. The maximum absolute atomic E-state index is 11.8. The van der Waals surface area contributed by atoms with Crippen LogP contribution in [0.2, 0.25) is 0 Å². The minimum atomic E-state index is -0.509. The number of carbonyl (C=O) groups excluding carboxylic acids is 1. The number of nitrogens with zero attached hydrogens (tertiary/aromatic N) is 2. The SMILES string of the molecule is CCCSCC(=O)N[C@@H]1CCN(Cc2cccnc2)C[C@H]1O. The lowest BCUT2D eigenvalue weighted by Gasteiger charge is -2.36. The van der Waals surface area contributed by atoms with Gasteiger partial charge in [0.05, 0.1) is 17.9 Å². The number of rotatable bonds is 7. The third-order valence-corrected chi connectivity index (χ3v) is 4.89. The summed E-state index contributed by atoms with van der Waals surface area (Å²) in [5, 5.41) is 13.2. The van der Waals surface area contributed by atoms with E-state index >= 15 is 0 Å². The number of thioether (sulfide) groups is 1. The molecular formula is C16H25N3O2S. The van der Waals surface area contributed by atoms with Crippen molar-refractivity contribution < 1.29 is 9.90 Å². The Morgan fingerprint density at radius 2 is 2.45 bits per heavy atom. The molecule has 0 aliphatic carbocycles. The van der Waals surface area contributed by atoms with Gasteiger partial charge in [-0.2, -0.15) is 11.8 Å². The summed E-state index contributed by atoms with van der Waals surface area (Å²) >= 11 is 1.64. The molecule has 6 heteroatoms. The van der Waals surface area contributed by atoms with Crippen molar-refractivity contribution in [2.75, 3.05) is 24.6 Å². The van der Waals surface area contributed by atoms with Gasteiger partial charge in [0.1, 0.15) is 0 Å². The zero-order valence-electron chi connectivity index (χ0n) is 13.1. The predicted octanol–water partition coefficient (Wildman–Crippen LogP) is 1.28. The number of aliphatic hydroxyl groups excluding tert-OH is 1. The van der Waals surface area contributed by atoms with Crippen molar-refractivity contribution in [2.24, 2.45) is 0 Å². The highest BCUT2D eigenvalue weighted by atomic mass is 32.2. The van der Waals surface area contributed by atoms with Crippen LogP contribution < -0.4 is 5.32 Å². The van der Waals surface area contributed by atoms with Crippen molar-refractivity contribution in [2.45, 2.75) is 38.5 Å². The lowest BCUT2D eigenvalue weighted by atomic mass is 10.0. The number of hydrogen-bond donors (Lipinski definition) is 2. The summed E-state index contributed by atoms with van der Waals surface area (Å²) in [6.45, 7) is 4.35. The molecule has 2 heterocycles. The molecule has 1 aromatic heterocycles. The number of nitrogens with one attached hydrogen (secondary N) is 1. The summed E-state index contributed by atoms with van der Waals surface area (Å²) < 4.78 is 0. The summed E-state index contributed by atoms with van der Waals surface area (Å²) in [6, 6.07) is 3.84. The summed E-state index contributed by atoms with van der Waals surface area (Å²) in [4.78, 5) is 18.2. The second-order valence-electron chi connectivity index (χ2n) is 5.68. The van der Waals surface area contributed by atoms with Crippen molar-refractivity contribution in [3.8, 4) is 0 Å². The molecule has 0 saturated carbocycles. The third-order valence-electron chi connectivity index (χ3n) is 3.72. The second-order valence-corrected chi connectivity index (χ2v) is 6.78. The molecule has 0 radical (unpaired) electrons. The van der Waals surface area contributed by atoms with E-state index in [1.807, 2.05) is 18.3 Å². The zero-order valence-corrected chi connectivity index (χ0v) is 13.9. The van der Waals surface area contributed by atoms with Gasteiger partial charge in [-0.05, 0) is 30.2 Å². The smallest absolute Gasteiger partial charge is 0.230 e. The Kier molecular flexibility index (Phi) is 7.15. The summed E-state index contributed by atoms with van der Waals surface area (Å²) in [5.74, 6) is 1.51. The number of likely N-dealkylation sites (tertiary alicyclic amines) is 1. The van der Waals surface area contributed by atoms with E-state index in [2.05, 4.69) is 22.1 Å². The van der Waals surface area contributed by atoms with Crippen LogP contribution in [0.1, 0.15) is 25.3 Å². The van der Waals surface area contributed by atoms with Crippen LogP contribution in [0.25, 0.3) is 0 Å². The topological polar surface area (TPSA) is 65.5 Å². The Labute approximate surface area is 136 Å².